The zero-order valence-electron chi connectivity index (χ0n) is 15.0. The van der Waals surface area contributed by atoms with E-state index in [1.807, 2.05) is 0 Å². The van der Waals surface area contributed by atoms with Crippen molar-refractivity contribution < 1.29 is 9.90 Å². The molecule has 1 saturated heterocycles. The largest absolute Gasteiger partial charge is 0.481 e. The Morgan fingerprint density at radius 2 is 2.11 bits per heavy atom. The predicted octanol–water partition coefficient (Wildman–Crippen LogP) is 2.71. The number of fused-ring (bicyclic) bond motifs is 2. The number of aromatic nitrogens is 2. The molecular formula is C19H23N5O2S. The van der Waals surface area contributed by atoms with Crippen LogP contribution in [0.2, 0.25) is 0 Å². The summed E-state index contributed by atoms with van der Waals surface area (Å²) < 4.78 is 0. The van der Waals surface area contributed by atoms with E-state index in [1.54, 1.807) is 24.2 Å². The summed E-state index contributed by atoms with van der Waals surface area (Å²) in [5.74, 6) is 0.0943. The Morgan fingerprint density at radius 1 is 1.30 bits per heavy atom. The summed E-state index contributed by atoms with van der Waals surface area (Å²) in [6, 6.07) is 6.95. The van der Waals surface area contributed by atoms with Crippen molar-refractivity contribution >= 4 is 29.2 Å². The van der Waals surface area contributed by atoms with E-state index in [4.69, 9.17) is 5.11 Å². The van der Waals surface area contributed by atoms with Crippen molar-refractivity contribution in [1.29, 1.82) is 0 Å². The highest BCUT2D eigenvalue weighted by Gasteiger charge is 2.20. The summed E-state index contributed by atoms with van der Waals surface area (Å²) in [7, 11) is 0. The second-order valence-electron chi connectivity index (χ2n) is 6.91. The molecule has 1 aromatic heterocycles. The van der Waals surface area contributed by atoms with Gasteiger partial charge in [-0.2, -0.15) is 0 Å². The monoisotopic (exact) mass is 385 g/mol. The van der Waals surface area contributed by atoms with Crippen LogP contribution < -0.4 is 10.6 Å². The molecular weight excluding hydrogens is 362 g/mol. The maximum atomic E-state index is 10.7. The minimum Gasteiger partial charge on any atom is -0.481 e. The molecule has 4 rings (SSSR count). The molecule has 0 aliphatic carbocycles. The molecule has 0 spiro atoms. The summed E-state index contributed by atoms with van der Waals surface area (Å²) in [5.41, 5.74) is 2.32. The maximum Gasteiger partial charge on any atom is 0.304 e. The first-order chi connectivity index (χ1) is 13.2. The quantitative estimate of drug-likeness (QED) is 0.597. The minimum atomic E-state index is -0.719. The number of hydrogen-bond donors (Lipinski definition) is 3. The number of anilines is 2. The van der Waals surface area contributed by atoms with Crippen LogP contribution in [0.5, 0.6) is 0 Å². The van der Waals surface area contributed by atoms with Gasteiger partial charge in [0.15, 0.2) is 5.82 Å². The van der Waals surface area contributed by atoms with Crippen molar-refractivity contribution in [3.63, 3.8) is 0 Å². The molecule has 0 unspecified atom stereocenters. The number of carboxylic acids is 1. The molecule has 0 bridgehead atoms. The molecule has 1 aromatic carbocycles. The van der Waals surface area contributed by atoms with Crippen LogP contribution in [0.15, 0.2) is 40.5 Å². The molecule has 2 aromatic rings. The van der Waals surface area contributed by atoms with Crippen molar-refractivity contribution in [3.8, 4) is 0 Å². The number of rotatable bonds is 6. The van der Waals surface area contributed by atoms with Gasteiger partial charge in [0.05, 0.1) is 12.1 Å². The molecule has 0 amide bonds. The molecule has 0 saturated carbocycles. The Morgan fingerprint density at radius 3 is 2.93 bits per heavy atom. The Labute approximate surface area is 162 Å². The first-order valence-electron chi connectivity index (χ1n) is 9.24. The third-order valence-corrected chi connectivity index (χ3v) is 6.06. The van der Waals surface area contributed by atoms with Crippen LogP contribution >= 0.6 is 11.8 Å². The lowest BCUT2D eigenvalue weighted by Gasteiger charge is -2.32. The molecule has 7 nitrogen and oxygen atoms in total. The van der Waals surface area contributed by atoms with Gasteiger partial charge in [-0.1, -0.05) is 17.8 Å². The standard InChI is InChI=1S/C19H23N5O2S/c25-17(26)5-10-24-8-3-14(4-9-24)22-12-13-1-2-16-15(11-13)23-18-19(27-16)21-7-6-20-18/h1-2,6-7,11,14,22H,3-5,8-10,12H2,(H,20,23)(H,25,26). The highest BCUT2D eigenvalue weighted by molar-refractivity contribution is 7.99. The molecule has 3 N–H and O–H groups in total. The number of nitrogens with one attached hydrogen (secondary N) is 2. The van der Waals surface area contributed by atoms with Crippen LogP contribution in [0.25, 0.3) is 0 Å². The number of likely N-dealkylation sites (tertiary alicyclic amines) is 1. The van der Waals surface area contributed by atoms with Gasteiger partial charge < -0.3 is 20.6 Å². The molecule has 1 fully saturated rings. The van der Waals surface area contributed by atoms with Gasteiger partial charge in [0, 0.05) is 36.4 Å². The van der Waals surface area contributed by atoms with E-state index < -0.39 is 5.97 Å². The maximum absolute atomic E-state index is 10.7. The van der Waals surface area contributed by atoms with Gasteiger partial charge in [0.2, 0.25) is 0 Å². The van der Waals surface area contributed by atoms with Crippen molar-refractivity contribution in [3.05, 3.63) is 36.2 Å². The molecule has 2 aliphatic heterocycles. The summed E-state index contributed by atoms with van der Waals surface area (Å²) in [6.07, 6.45) is 5.75. The zero-order chi connectivity index (χ0) is 18.6. The molecule has 3 heterocycles. The van der Waals surface area contributed by atoms with Crippen molar-refractivity contribution in [1.82, 2.24) is 20.2 Å². The number of nitrogens with zero attached hydrogens (tertiary/aromatic N) is 3. The van der Waals surface area contributed by atoms with Crippen LogP contribution in [0.3, 0.4) is 0 Å². The normalized spacial score (nSPS) is 17.0. The smallest absolute Gasteiger partial charge is 0.304 e. The average molecular weight is 385 g/mol. The number of aliphatic carboxylic acids is 1. The Bertz CT molecular complexity index is 823. The van der Waals surface area contributed by atoms with Crippen molar-refractivity contribution in [2.45, 2.75) is 41.8 Å². The predicted molar refractivity (Wildman–Crippen MR) is 104 cm³/mol. The molecule has 8 heteroatoms. The van der Waals surface area contributed by atoms with Gasteiger partial charge in [-0.25, -0.2) is 9.97 Å². The van der Waals surface area contributed by atoms with Crippen LogP contribution in [0.4, 0.5) is 11.5 Å². The van der Waals surface area contributed by atoms with Gasteiger partial charge in [-0.3, -0.25) is 4.79 Å². The van der Waals surface area contributed by atoms with Gasteiger partial charge >= 0.3 is 5.97 Å². The zero-order valence-corrected chi connectivity index (χ0v) is 15.8. The van der Waals surface area contributed by atoms with E-state index in [1.165, 1.54) is 10.5 Å². The van der Waals surface area contributed by atoms with Gasteiger partial charge in [-0.15, -0.1) is 0 Å². The second kappa shape index (κ2) is 8.24. The van der Waals surface area contributed by atoms with Crippen molar-refractivity contribution in [2.24, 2.45) is 0 Å². The van der Waals surface area contributed by atoms with Gasteiger partial charge in [-0.05, 0) is 43.6 Å². The lowest BCUT2D eigenvalue weighted by molar-refractivity contribution is -0.137. The number of benzene rings is 1. The molecule has 0 atom stereocenters. The van der Waals surface area contributed by atoms with E-state index in [0.717, 1.165) is 49.0 Å². The fourth-order valence-corrected chi connectivity index (χ4v) is 4.35. The Hall–Kier alpha value is -2.16. The fourth-order valence-electron chi connectivity index (χ4n) is 3.47. The summed E-state index contributed by atoms with van der Waals surface area (Å²) in [6.45, 7) is 3.40. The van der Waals surface area contributed by atoms with Gasteiger partial charge in [0.25, 0.3) is 0 Å². The second-order valence-corrected chi connectivity index (χ2v) is 7.94. The number of piperidine rings is 1. The lowest BCUT2D eigenvalue weighted by Crippen LogP contribution is -2.42. The lowest BCUT2D eigenvalue weighted by atomic mass is 10.0. The van der Waals surface area contributed by atoms with E-state index in [-0.39, 0.29) is 6.42 Å². The van der Waals surface area contributed by atoms with Crippen LogP contribution in [-0.2, 0) is 11.3 Å². The molecule has 142 valence electrons. The SMILES string of the molecule is O=C(O)CCN1CCC(NCc2ccc3c(c2)Nc2nccnc2S3)CC1. The summed E-state index contributed by atoms with van der Waals surface area (Å²) >= 11 is 1.64. The first-order valence-corrected chi connectivity index (χ1v) is 10.1. The third kappa shape index (κ3) is 4.58. The fraction of sp³-hybridized carbons (Fsp3) is 0.421. The summed E-state index contributed by atoms with van der Waals surface area (Å²) in [5, 5.41) is 16.7. The summed E-state index contributed by atoms with van der Waals surface area (Å²) in [4.78, 5) is 22.8. The minimum absolute atomic E-state index is 0.228. The number of hydrogen-bond acceptors (Lipinski definition) is 7. The van der Waals surface area contributed by atoms with E-state index in [2.05, 4.69) is 43.7 Å². The van der Waals surface area contributed by atoms with E-state index in [0.29, 0.717) is 12.6 Å². The topological polar surface area (TPSA) is 90.4 Å². The van der Waals surface area contributed by atoms with Gasteiger partial charge in [0.1, 0.15) is 5.03 Å². The molecule has 27 heavy (non-hydrogen) atoms. The molecule has 0 radical (unpaired) electrons. The average Bonchev–Trinajstić information content (AvgIpc) is 2.69. The number of carboxylic acid groups (broad SMARTS) is 1. The first kappa shape index (κ1) is 18.2. The molecule has 2 aliphatic rings. The highest BCUT2D eigenvalue weighted by Crippen LogP contribution is 2.41. The van der Waals surface area contributed by atoms with E-state index >= 15 is 0 Å². The van der Waals surface area contributed by atoms with Crippen molar-refractivity contribution in [2.75, 3.05) is 25.0 Å². The highest BCUT2D eigenvalue weighted by atomic mass is 32.2. The number of carbonyl (C=O) groups is 1. The van der Waals surface area contributed by atoms with Crippen LogP contribution in [0, 0.1) is 0 Å². The Kier molecular flexibility index (Phi) is 5.56. The Balaban J connectivity index is 1.29. The van der Waals surface area contributed by atoms with Crippen LogP contribution in [0.1, 0.15) is 24.8 Å². The van der Waals surface area contributed by atoms with E-state index in [9.17, 15) is 4.79 Å². The third-order valence-electron chi connectivity index (χ3n) is 4.99. The van der Waals surface area contributed by atoms with Crippen LogP contribution in [-0.4, -0.2) is 51.6 Å².